The summed E-state index contributed by atoms with van der Waals surface area (Å²) in [5.41, 5.74) is 2.42. The van der Waals surface area contributed by atoms with E-state index in [2.05, 4.69) is 43.2 Å². The number of aromatic nitrogens is 2. The van der Waals surface area contributed by atoms with Crippen molar-refractivity contribution in [1.82, 2.24) is 15.5 Å². The van der Waals surface area contributed by atoms with Gasteiger partial charge in [-0.3, -0.25) is 5.10 Å². The fourth-order valence-electron chi connectivity index (χ4n) is 1.69. The fraction of sp³-hybridized carbons (Fsp3) is 0.750. The van der Waals surface area contributed by atoms with Crippen LogP contribution in [0.15, 0.2) is 6.20 Å². The van der Waals surface area contributed by atoms with Gasteiger partial charge >= 0.3 is 0 Å². The number of aliphatic hydroxyl groups is 1. The van der Waals surface area contributed by atoms with E-state index < -0.39 is 0 Å². The average Bonchev–Trinajstić information content (AvgIpc) is 2.67. The molecule has 0 aliphatic heterocycles. The second kappa shape index (κ2) is 5.46. The maximum atomic E-state index is 9.10. The summed E-state index contributed by atoms with van der Waals surface area (Å²) in [6.07, 6.45) is 2.79. The third-order valence-electron chi connectivity index (χ3n) is 2.76. The highest BCUT2D eigenvalue weighted by atomic mass is 16.3. The minimum absolute atomic E-state index is 0.0778. The van der Waals surface area contributed by atoms with E-state index in [9.17, 15) is 0 Å². The van der Waals surface area contributed by atoms with Crippen molar-refractivity contribution < 1.29 is 5.11 Å². The SMILES string of the molecule is CC[C@@H](CO)NCc1cn[nH]c1C(C)(C)C. The Balaban J connectivity index is 2.64. The van der Waals surface area contributed by atoms with Gasteiger partial charge in [0.15, 0.2) is 0 Å². The second-order valence-corrected chi connectivity index (χ2v) is 5.19. The first kappa shape index (κ1) is 13.2. The molecule has 3 N–H and O–H groups in total. The molecule has 0 aliphatic carbocycles. The number of nitrogens with zero attached hydrogens (tertiary/aromatic N) is 1. The Morgan fingerprint density at radius 3 is 2.69 bits per heavy atom. The summed E-state index contributed by atoms with van der Waals surface area (Å²) in [7, 11) is 0. The summed E-state index contributed by atoms with van der Waals surface area (Å²) in [4.78, 5) is 0. The van der Waals surface area contributed by atoms with Crippen molar-refractivity contribution in [1.29, 1.82) is 0 Å². The van der Waals surface area contributed by atoms with E-state index in [1.807, 2.05) is 6.20 Å². The Kier molecular flexibility index (Phi) is 4.50. The molecule has 0 spiro atoms. The first-order valence-corrected chi connectivity index (χ1v) is 5.86. The zero-order chi connectivity index (χ0) is 12.2. The van der Waals surface area contributed by atoms with Crippen LogP contribution in [0.3, 0.4) is 0 Å². The molecular formula is C12H23N3O. The van der Waals surface area contributed by atoms with Gasteiger partial charge in [-0.15, -0.1) is 0 Å². The number of rotatable bonds is 5. The molecule has 1 aromatic heterocycles. The van der Waals surface area contributed by atoms with Gasteiger partial charge in [-0.2, -0.15) is 5.10 Å². The smallest absolute Gasteiger partial charge is 0.0584 e. The van der Waals surface area contributed by atoms with E-state index in [-0.39, 0.29) is 18.1 Å². The first-order chi connectivity index (χ1) is 7.49. The normalized spacial score (nSPS) is 14.1. The molecule has 92 valence electrons. The molecule has 1 atom stereocenters. The predicted molar refractivity (Wildman–Crippen MR) is 65.3 cm³/mol. The number of aliphatic hydroxyl groups excluding tert-OH is 1. The topological polar surface area (TPSA) is 60.9 Å². The van der Waals surface area contributed by atoms with E-state index in [1.54, 1.807) is 0 Å². The molecule has 0 saturated heterocycles. The lowest BCUT2D eigenvalue weighted by Gasteiger charge is -2.20. The Hall–Kier alpha value is -0.870. The minimum Gasteiger partial charge on any atom is -0.395 e. The van der Waals surface area contributed by atoms with Crippen LogP contribution < -0.4 is 5.32 Å². The quantitative estimate of drug-likeness (QED) is 0.713. The molecule has 0 bridgehead atoms. The lowest BCUT2D eigenvalue weighted by molar-refractivity contribution is 0.238. The molecule has 0 fully saturated rings. The number of hydrogen-bond acceptors (Lipinski definition) is 3. The van der Waals surface area contributed by atoms with Gasteiger partial charge in [-0.1, -0.05) is 27.7 Å². The van der Waals surface area contributed by atoms with Crippen LogP contribution in [-0.4, -0.2) is 28.0 Å². The van der Waals surface area contributed by atoms with Gasteiger partial charge in [0.2, 0.25) is 0 Å². The lowest BCUT2D eigenvalue weighted by atomic mass is 9.89. The van der Waals surface area contributed by atoms with Crippen molar-refractivity contribution in [2.45, 2.75) is 52.1 Å². The molecule has 16 heavy (non-hydrogen) atoms. The van der Waals surface area contributed by atoms with E-state index in [1.165, 1.54) is 5.56 Å². The van der Waals surface area contributed by atoms with Crippen LogP contribution in [-0.2, 0) is 12.0 Å². The van der Waals surface area contributed by atoms with E-state index in [0.717, 1.165) is 18.7 Å². The molecule has 0 aliphatic rings. The average molecular weight is 225 g/mol. The van der Waals surface area contributed by atoms with Gasteiger partial charge in [0, 0.05) is 29.3 Å². The van der Waals surface area contributed by atoms with Crippen LogP contribution >= 0.6 is 0 Å². The Bertz CT molecular complexity index is 310. The number of hydrogen-bond donors (Lipinski definition) is 3. The molecular weight excluding hydrogens is 202 g/mol. The zero-order valence-corrected chi connectivity index (χ0v) is 10.7. The van der Waals surface area contributed by atoms with Gasteiger partial charge in [0.05, 0.1) is 12.8 Å². The van der Waals surface area contributed by atoms with Crippen molar-refractivity contribution in [3.05, 3.63) is 17.5 Å². The van der Waals surface area contributed by atoms with Crippen molar-refractivity contribution in [3.8, 4) is 0 Å². The second-order valence-electron chi connectivity index (χ2n) is 5.19. The first-order valence-electron chi connectivity index (χ1n) is 5.86. The van der Waals surface area contributed by atoms with Gasteiger partial charge < -0.3 is 10.4 Å². The summed E-state index contributed by atoms with van der Waals surface area (Å²) in [6, 6.07) is 0.169. The van der Waals surface area contributed by atoms with Crippen LogP contribution in [0.2, 0.25) is 0 Å². The number of H-pyrrole nitrogens is 1. The van der Waals surface area contributed by atoms with Crippen LogP contribution in [0, 0.1) is 0 Å². The lowest BCUT2D eigenvalue weighted by Crippen LogP contribution is -2.31. The third-order valence-corrected chi connectivity index (χ3v) is 2.76. The van der Waals surface area contributed by atoms with E-state index in [0.29, 0.717) is 0 Å². The molecule has 4 nitrogen and oxygen atoms in total. The number of nitrogens with one attached hydrogen (secondary N) is 2. The standard InChI is InChI=1S/C12H23N3O/c1-5-10(8-16)13-6-9-7-14-15-11(9)12(2,3)4/h7,10,13,16H,5-6,8H2,1-4H3,(H,14,15)/t10-/m0/s1. The molecule has 1 heterocycles. The summed E-state index contributed by atoms with van der Waals surface area (Å²) in [6.45, 7) is 9.48. The van der Waals surface area contributed by atoms with Crippen LogP contribution in [0.25, 0.3) is 0 Å². The molecule has 4 heteroatoms. The van der Waals surface area contributed by atoms with Crippen molar-refractivity contribution >= 4 is 0 Å². The molecule has 0 radical (unpaired) electrons. The molecule has 1 rings (SSSR count). The van der Waals surface area contributed by atoms with Crippen molar-refractivity contribution in [3.63, 3.8) is 0 Å². The molecule has 1 aromatic rings. The highest BCUT2D eigenvalue weighted by Crippen LogP contribution is 2.23. The summed E-state index contributed by atoms with van der Waals surface area (Å²) in [5.74, 6) is 0. The minimum atomic E-state index is 0.0778. The van der Waals surface area contributed by atoms with Gasteiger partial charge in [-0.05, 0) is 6.42 Å². The maximum absolute atomic E-state index is 9.10. The van der Waals surface area contributed by atoms with Gasteiger partial charge in [0.25, 0.3) is 0 Å². The van der Waals surface area contributed by atoms with Crippen LogP contribution in [0.5, 0.6) is 0 Å². The molecule has 0 saturated carbocycles. The monoisotopic (exact) mass is 225 g/mol. The van der Waals surface area contributed by atoms with Crippen LogP contribution in [0.1, 0.15) is 45.4 Å². The van der Waals surface area contributed by atoms with E-state index in [4.69, 9.17) is 5.11 Å². The Morgan fingerprint density at radius 1 is 1.50 bits per heavy atom. The molecule has 0 aromatic carbocycles. The highest BCUT2D eigenvalue weighted by Gasteiger charge is 2.20. The zero-order valence-electron chi connectivity index (χ0n) is 10.7. The highest BCUT2D eigenvalue weighted by molar-refractivity contribution is 5.23. The predicted octanol–water partition coefficient (Wildman–Crippen LogP) is 1.57. The summed E-state index contributed by atoms with van der Waals surface area (Å²) < 4.78 is 0. The van der Waals surface area contributed by atoms with Crippen molar-refractivity contribution in [2.75, 3.05) is 6.61 Å². The van der Waals surface area contributed by atoms with Crippen molar-refractivity contribution in [2.24, 2.45) is 0 Å². The number of aromatic amines is 1. The molecule has 0 unspecified atom stereocenters. The van der Waals surface area contributed by atoms with E-state index >= 15 is 0 Å². The largest absolute Gasteiger partial charge is 0.395 e. The third kappa shape index (κ3) is 3.32. The molecule has 0 amide bonds. The van der Waals surface area contributed by atoms with Gasteiger partial charge in [0.1, 0.15) is 0 Å². The fourth-order valence-corrected chi connectivity index (χ4v) is 1.69. The van der Waals surface area contributed by atoms with Crippen LogP contribution in [0.4, 0.5) is 0 Å². The summed E-state index contributed by atoms with van der Waals surface area (Å²) >= 11 is 0. The maximum Gasteiger partial charge on any atom is 0.0584 e. The summed E-state index contributed by atoms with van der Waals surface area (Å²) in [5, 5.41) is 19.6. The van der Waals surface area contributed by atoms with Gasteiger partial charge in [-0.25, -0.2) is 0 Å². The Labute approximate surface area is 97.5 Å². The Morgan fingerprint density at radius 2 is 2.19 bits per heavy atom.